The average molecular weight is 724 g/mol. The molecule has 2 aliphatic carbocycles. The summed E-state index contributed by atoms with van der Waals surface area (Å²) in [6.45, 7) is 0.549. The van der Waals surface area contributed by atoms with Gasteiger partial charge in [0.2, 0.25) is 0 Å². The van der Waals surface area contributed by atoms with Gasteiger partial charge in [-0.05, 0) is 127 Å². The van der Waals surface area contributed by atoms with Crippen LogP contribution in [0, 0.1) is 23.7 Å². The molecule has 1 aliphatic heterocycles. The molecule has 1 aromatic heterocycles. The maximum atomic E-state index is 12.4. The molecular formula is C42H53N5O6. The minimum Gasteiger partial charge on any atom is -0.478 e. The maximum Gasteiger partial charge on any atom is 0.328 e. The van der Waals surface area contributed by atoms with Crippen LogP contribution in [0.2, 0.25) is 0 Å². The number of rotatable bonds is 19. The molecule has 53 heavy (non-hydrogen) atoms. The molecule has 2 heterocycles. The number of hydrogen-bond donors (Lipinski definition) is 7. The predicted molar refractivity (Wildman–Crippen MR) is 207 cm³/mol. The second kappa shape index (κ2) is 17.9. The number of guanidine groups is 1. The number of aliphatic hydroxyl groups excluding tert-OH is 2. The fourth-order valence-corrected chi connectivity index (χ4v) is 8.96. The molecule has 3 aliphatic rings. The summed E-state index contributed by atoms with van der Waals surface area (Å²) < 4.78 is 0. The van der Waals surface area contributed by atoms with Crippen molar-refractivity contribution in [2.45, 2.75) is 88.3 Å². The number of H-pyrrole nitrogens is 1. The zero-order valence-corrected chi connectivity index (χ0v) is 30.2. The summed E-state index contributed by atoms with van der Waals surface area (Å²) in [6.07, 6.45) is 15.2. The lowest BCUT2D eigenvalue weighted by molar-refractivity contribution is -0.131. The summed E-state index contributed by atoms with van der Waals surface area (Å²) in [5, 5.41) is 39.6. The van der Waals surface area contributed by atoms with E-state index < -0.39 is 12.1 Å². The highest BCUT2D eigenvalue weighted by atomic mass is 16.4. The standard InChI is InChI=1S/C42H53N5O6/c43-42-45-16-13-37(47-42)36(24-40(52)53)38(46-39-4-1-15-44-39)23-35-30-9-8-28(10-12-33(51)11-6-27(25-50)3-2-17-48)41(35)34-22-31-19-26(14-18-49)5-7-29(31)20-32(34)21-30/h1,4-5,7-9,15,18-20,22,24-25,27-28,30,33,35,37-38,41,44,46,48,51H,2-3,6,10-14,16-17,21,23H2,(H,52,53)(H3,43,45,47)/b36-24+/t27-,28+,30-,33-,35-,37-,38+,41+/m1/s1. The van der Waals surface area contributed by atoms with Crippen molar-refractivity contribution in [2.75, 3.05) is 18.5 Å². The Morgan fingerprint density at radius 2 is 1.94 bits per heavy atom. The number of carbonyl (C=O) groups is 3. The summed E-state index contributed by atoms with van der Waals surface area (Å²) >= 11 is 0. The van der Waals surface area contributed by atoms with Crippen molar-refractivity contribution in [3.8, 4) is 0 Å². The molecule has 282 valence electrons. The molecule has 6 rings (SSSR count). The number of hydrogen-bond acceptors (Lipinski definition) is 9. The van der Waals surface area contributed by atoms with Crippen LogP contribution in [-0.4, -0.2) is 76.1 Å². The number of nitrogens with two attached hydrogens (primary N) is 1. The number of carbonyl (C=O) groups excluding carboxylic acids is 2. The van der Waals surface area contributed by atoms with Gasteiger partial charge in [-0.1, -0.05) is 42.5 Å². The Morgan fingerprint density at radius 1 is 1.08 bits per heavy atom. The summed E-state index contributed by atoms with van der Waals surface area (Å²) in [5.74, 6) is 0.469. The fourth-order valence-electron chi connectivity index (χ4n) is 8.96. The first-order valence-corrected chi connectivity index (χ1v) is 19.1. The number of nitrogens with zero attached hydrogens (tertiary/aromatic N) is 1. The van der Waals surface area contributed by atoms with E-state index in [0.717, 1.165) is 47.6 Å². The van der Waals surface area contributed by atoms with Crippen LogP contribution in [0.15, 0.2) is 77.5 Å². The topological polar surface area (TPSA) is 190 Å². The van der Waals surface area contributed by atoms with E-state index in [1.165, 1.54) is 17.2 Å². The van der Waals surface area contributed by atoms with Crippen molar-refractivity contribution >= 4 is 41.1 Å². The van der Waals surface area contributed by atoms with Crippen LogP contribution >= 0.6 is 0 Å². The van der Waals surface area contributed by atoms with Gasteiger partial charge < -0.3 is 46.3 Å². The van der Waals surface area contributed by atoms with Gasteiger partial charge in [0.15, 0.2) is 5.96 Å². The number of carboxylic acids is 1. The second-order valence-electron chi connectivity index (χ2n) is 15.0. The number of allylic oxidation sites excluding steroid dienone is 2. The van der Waals surface area contributed by atoms with E-state index >= 15 is 0 Å². The van der Waals surface area contributed by atoms with Crippen LogP contribution in [0.5, 0.6) is 0 Å². The van der Waals surface area contributed by atoms with Crippen molar-refractivity contribution in [1.82, 2.24) is 10.3 Å². The third-order valence-electron chi connectivity index (χ3n) is 11.6. The van der Waals surface area contributed by atoms with E-state index in [2.05, 4.69) is 57.0 Å². The van der Waals surface area contributed by atoms with Gasteiger partial charge in [-0.25, -0.2) is 4.79 Å². The molecule has 2 aromatic carbocycles. The number of aromatic nitrogens is 1. The first-order valence-electron chi connectivity index (χ1n) is 19.1. The summed E-state index contributed by atoms with van der Waals surface area (Å²) in [7, 11) is 0. The van der Waals surface area contributed by atoms with Crippen LogP contribution < -0.4 is 16.4 Å². The van der Waals surface area contributed by atoms with E-state index in [4.69, 9.17) is 5.73 Å². The molecule has 0 unspecified atom stereocenters. The Morgan fingerprint density at radius 3 is 2.68 bits per heavy atom. The number of benzene rings is 2. The van der Waals surface area contributed by atoms with E-state index in [-0.39, 0.29) is 48.3 Å². The number of nitrogens with one attached hydrogen (secondary N) is 3. The van der Waals surface area contributed by atoms with Gasteiger partial charge in [0.25, 0.3) is 0 Å². The molecule has 11 heteroatoms. The number of aromatic amines is 1. The van der Waals surface area contributed by atoms with Crippen molar-refractivity contribution in [3.63, 3.8) is 0 Å². The fraction of sp³-hybridized carbons (Fsp3) is 0.476. The minimum atomic E-state index is -1.02. The van der Waals surface area contributed by atoms with Gasteiger partial charge in [0.1, 0.15) is 18.4 Å². The van der Waals surface area contributed by atoms with Gasteiger partial charge >= 0.3 is 5.97 Å². The largest absolute Gasteiger partial charge is 0.478 e. The normalized spacial score (nSPS) is 24.0. The highest BCUT2D eigenvalue weighted by Gasteiger charge is 2.44. The SMILES string of the molecule is NC1=NCC[C@H](/C(=C\C(=O)O)[C@H](C[C@H]2[C@@H]3c4cc5cc(CC=O)ccc5cc4C[C@H]2C=C[C@H]3CC[C@H](O)CC[C@H](C=O)CCCO)Nc2ccc[nH]2)N1. The number of aliphatic carboxylic acids is 1. The number of carboxylic acid groups (broad SMARTS) is 1. The molecule has 0 spiro atoms. The van der Waals surface area contributed by atoms with Gasteiger partial charge in [0.05, 0.1) is 18.2 Å². The summed E-state index contributed by atoms with van der Waals surface area (Å²) in [4.78, 5) is 42.9. The zero-order chi connectivity index (χ0) is 37.3. The Balaban J connectivity index is 1.34. The van der Waals surface area contributed by atoms with Crippen LogP contribution in [0.1, 0.15) is 74.0 Å². The molecule has 8 N–H and O–H groups in total. The third-order valence-corrected chi connectivity index (χ3v) is 11.6. The van der Waals surface area contributed by atoms with Gasteiger partial charge in [0, 0.05) is 37.8 Å². The molecule has 0 saturated carbocycles. The van der Waals surface area contributed by atoms with Crippen LogP contribution in [0.25, 0.3) is 10.8 Å². The van der Waals surface area contributed by atoms with Crippen LogP contribution in [0.4, 0.5) is 5.82 Å². The van der Waals surface area contributed by atoms with E-state index in [1.54, 1.807) is 0 Å². The maximum absolute atomic E-state index is 12.4. The van der Waals surface area contributed by atoms with E-state index in [1.807, 2.05) is 24.4 Å². The Labute approximate surface area is 310 Å². The number of fused-ring (bicyclic) bond motifs is 5. The molecule has 0 fully saturated rings. The Bertz CT molecular complexity index is 1820. The molecule has 0 saturated heterocycles. The van der Waals surface area contributed by atoms with Gasteiger partial charge in [-0.3, -0.25) is 4.99 Å². The third kappa shape index (κ3) is 9.44. The molecule has 0 radical (unpaired) electrons. The van der Waals surface area contributed by atoms with Gasteiger partial charge in [-0.2, -0.15) is 0 Å². The monoisotopic (exact) mass is 723 g/mol. The highest BCUT2D eigenvalue weighted by molar-refractivity contribution is 5.86. The Hall–Kier alpha value is -4.74. The molecule has 0 amide bonds. The summed E-state index contributed by atoms with van der Waals surface area (Å²) in [5.41, 5.74) is 10.4. The quantitative estimate of drug-likeness (QED) is 0.0505. The highest BCUT2D eigenvalue weighted by Crippen LogP contribution is 2.52. The van der Waals surface area contributed by atoms with Crippen molar-refractivity contribution in [3.05, 3.63) is 89.2 Å². The van der Waals surface area contributed by atoms with E-state index in [0.29, 0.717) is 69.4 Å². The molecule has 11 nitrogen and oxygen atoms in total. The lowest BCUT2D eigenvalue weighted by atomic mass is 9.58. The summed E-state index contributed by atoms with van der Waals surface area (Å²) in [6, 6.07) is 14.0. The molecule has 8 atom stereocenters. The predicted octanol–water partition coefficient (Wildman–Crippen LogP) is 5.03. The molecule has 2 bridgehead atoms. The minimum absolute atomic E-state index is 0.0497. The Kier molecular flexibility index (Phi) is 12.8. The first-order chi connectivity index (χ1) is 25.8. The zero-order valence-electron chi connectivity index (χ0n) is 30.2. The van der Waals surface area contributed by atoms with Gasteiger partial charge in [-0.15, -0.1) is 0 Å². The number of aldehydes is 2. The van der Waals surface area contributed by atoms with E-state index in [9.17, 15) is 29.7 Å². The average Bonchev–Trinajstić information content (AvgIpc) is 3.66. The molecular weight excluding hydrogens is 670 g/mol. The van der Waals surface area contributed by atoms with Crippen molar-refractivity contribution < 1.29 is 29.7 Å². The lowest BCUT2D eigenvalue weighted by Crippen LogP contribution is -2.49. The number of anilines is 1. The smallest absolute Gasteiger partial charge is 0.328 e. The number of aliphatic imine (C=N–C) groups is 1. The molecule has 3 aromatic rings. The van der Waals surface area contributed by atoms with Crippen LogP contribution in [-0.2, 0) is 27.2 Å². The lowest BCUT2D eigenvalue weighted by Gasteiger charge is -2.47. The van der Waals surface area contributed by atoms with Crippen molar-refractivity contribution in [2.24, 2.45) is 34.4 Å². The van der Waals surface area contributed by atoms with Crippen molar-refractivity contribution in [1.29, 1.82) is 0 Å². The number of aliphatic hydroxyl groups is 2. The second-order valence-corrected chi connectivity index (χ2v) is 15.0. The van der Waals surface area contributed by atoms with Crippen LogP contribution in [0.3, 0.4) is 0 Å². The first kappa shape index (κ1) is 38.0.